The Labute approximate surface area is 96.9 Å². The lowest BCUT2D eigenvalue weighted by Crippen LogP contribution is -2.42. The van der Waals surface area contributed by atoms with Gasteiger partial charge in [-0.15, -0.1) is 0 Å². The van der Waals surface area contributed by atoms with Gasteiger partial charge >= 0.3 is 0 Å². The Kier molecular flexibility index (Phi) is 2.30. The summed E-state index contributed by atoms with van der Waals surface area (Å²) in [5, 5.41) is 10.0. The summed E-state index contributed by atoms with van der Waals surface area (Å²) in [6, 6.07) is 8.63. The summed E-state index contributed by atoms with van der Waals surface area (Å²) in [5.74, 6) is 0.684. The fourth-order valence-corrected chi connectivity index (χ4v) is 2.66. The molecule has 1 saturated carbocycles. The van der Waals surface area contributed by atoms with Crippen LogP contribution in [0.3, 0.4) is 0 Å². The lowest BCUT2D eigenvalue weighted by atomic mass is 9.86. The van der Waals surface area contributed by atoms with Crippen LogP contribution in [0.1, 0.15) is 29.9 Å². The Morgan fingerprint density at radius 1 is 1.31 bits per heavy atom. The number of likely N-dealkylation sites (N-methyl/N-ethyl adjacent to an activating group) is 1. The van der Waals surface area contributed by atoms with Gasteiger partial charge in [-0.2, -0.15) is 0 Å². The first-order chi connectivity index (χ1) is 7.66. The number of benzene rings is 1. The van der Waals surface area contributed by atoms with E-state index in [0.717, 1.165) is 32.4 Å². The van der Waals surface area contributed by atoms with Crippen LogP contribution in [0, 0.1) is 0 Å². The lowest BCUT2D eigenvalue weighted by Gasteiger charge is -2.37. The van der Waals surface area contributed by atoms with E-state index in [-0.39, 0.29) is 5.60 Å². The fraction of sp³-hybridized carbons (Fsp3) is 0.571. The SMILES string of the molecule is CN1CC(c2ccccc2CC2(O)CC2)C1. The molecule has 0 aromatic heterocycles. The van der Waals surface area contributed by atoms with Crippen LogP contribution in [0.15, 0.2) is 24.3 Å². The standard InChI is InChI=1S/C14H19NO/c1-15-9-12(10-15)13-5-3-2-4-11(13)8-14(16)6-7-14/h2-5,12,16H,6-10H2,1H3. The van der Waals surface area contributed by atoms with Crippen LogP contribution >= 0.6 is 0 Å². The molecular formula is C14H19NO. The third kappa shape index (κ3) is 1.87. The lowest BCUT2D eigenvalue weighted by molar-refractivity contribution is 0.148. The van der Waals surface area contributed by atoms with Crippen LogP contribution in [0.25, 0.3) is 0 Å². The van der Waals surface area contributed by atoms with Crippen molar-refractivity contribution in [3.05, 3.63) is 35.4 Å². The van der Waals surface area contributed by atoms with E-state index in [0.29, 0.717) is 5.92 Å². The largest absolute Gasteiger partial charge is 0.390 e. The highest BCUT2D eigenvalue weighted by Gasteiger charge is 2.41. The van der Waals surface area contributed by atoms with E-state index in [4.69, 9.17) is 0 Å². The minimum atomic E-state index is -0.369. The predicted molar refractivity (Wildman–Crippen MR) is 64.6 cm³/mol. The highest BCUT2D eigenvalue weighted by molar-refractivity contribution is 5.34. The monoisotopic (exact) mass is 217 g/mol. The second kappa shape index (κ2) is 3.57. The van der Waals surface area contributed by atoms with Crippen LogP contribution in [-0.2, 0) is 6.42 Å². The molecule has 0 amide bonds. The van der Waals surface area contributed by atoms with Gasteiger partial charge in [-0.25, -0.2) is 0 Å². The topological polar surface area (TPSA) is 23.5 Å². The van der Waals surface area contributed by atoms with Gasteiger partial charge in [0.15, 0.2) is 0 Å². The number of aliphatic hydroxyl groups is 1. The Balaban J connectivity index is 1.80. The summed E-state index contributed by atoms with van der Waals surface area (Å²) >= 11 is 0. The highest BCUT2D eigenvalue weighted by Crippen LogP contribution is 2.40. The number of hydrogen-bond donors (Lipinski definition) is 1. The molecule has 1 saturated heterocycles. The summed E-state index contributed by atoms with van der Waals surface area (Å²) in [4.78, 5) is 2.34. The Bertz CT molecular complexity index is 391. The second-order valence-electron chi connectivity index (χ2n) is 5.52. The molecule has 2 nitrogen and oxygen atoms in total. The van der Waals surface area contributed by atoms with Crippen LogP contribution in [-0.4, -0.2) is 35.7 Å². The molecule has 2 fully saturated rings. The Morgan fingerprint density at radius 2 is 2.00 bits per heavy atom. The minimum absolute atomic E-state index is 0.369. The van der Waals surface area contributed by atoms with Crippen molar-refractivity contribution >= 4 is 0 Å². The van der Waals surface area contributed by atoms with Gasteiger partial charge in [0.1, 0.15) is 0 Å². The average Bonchev–Trinajstić information content (AvgIpc) is 2.93. The maximum absolute atomic E-state index is 10.0. The third-order valence-corrected chi connectivity index (χ3v) is 3.91. The number of nitrogens with zero attached hydrogens (tertiary/aromatic N) is 1. The van der Waals surface area contributed by atoms with E-state index in [1.807, 2.05) is 0 Å². The molecule has 2 aliphatic rings. The van der Waals surface area contributed by atoms with Gasteiger partial charge in [-0.1, -0.05) is 24.3 Å². The van der Waals surface area contributed by atoms with Crippen molar-refractivity contribution in [3.8, 4) is 0 Å². The zero-order valence-corrected chi connectivity index (χ0v) is 9.82. The van der Waals surface area contributed by atoms with Crippen molar-refractivity contribution in [1.29, 1.82) is 0 Å². The molecule has 1 aromatic carbocycles. The molecule has 86 valence electrons. The molecule has 16 heavy (non-hydrogen) atoms. The number of likely N-dealkylation sites (tertiary alicyclic amines) is 1. The van der Waals surface area contributed by atoms with E-state index < -0.39 is 0 Å². The molecule has 1 aliphatic carbocycles. The third-order valence-electron chi connectivity index (χ3n) is 3.91. The van der Waals surface area contributed by atoms with Crippen molar-refractivity contribution in [2.45, 2.75) is 30.8 Å². The van der Waals surface area contributed by atoms with Gasteiger partial charge in [0, 0.05) is 25.4 Å². The number of rotatable bonds is 3. The predicted octanol–water partition coefficient (Wildman–Crippen LogP) is 1.78. The molecule has 0 unspecified atom stereocenters. The van der Waals surface area contributed by atoms with Gasteiger partial charge in [-0.05, 0) is 31.0 Å². The molecule has 2 heteroatoms. The normalized spacial score (nSPS) is 24.1. The molecular weight excluding hydrogens is 198 g/mol. The molecule has 1 aliphatic heterocycles. The van der Waals surface area contributed by atoms with Gasteiger partial charge in [0.05, 0.1) is 5.60 Å². The highest BCUT2D eigenvalue weighted by atomic mass is 16.3. The van der Waals surface area contributed by atoms with Crippen LogP contribution in [0.2, 0.25) is 0 Å². The van der Waals surface area contributed by atoms with E-state index in [1.54, 1.807) is 0 Å². The van der Waals surface area contributed by atoms with Crippen molar-refractivity contribution in [2.75, 3.05) is 20.1 Å². The smallest absolute Gasteiger partial charge is 0.0690 e. The van der Waals surface area contributed by atoms with Crippen molar-refractivity contribution < 1.29 is 5.11 Å². The molecule has 1 N–H and O–H groups in total. The Morgan fingerprint density at radius 3 is 2.62 bits per heavy atom. The molecule has 0 bridgehead atoms. The van der Waals surface area contributed by atoms with Gasteiger partial charge in [0.2, 0.25) is 0 Å². The summed E-state index contributed by atoms with van der Waals surface area (Å²) in [6.07, 6.45) is 2.81. The van der Waals surface area contributed by atoms with Gasteiger partial charge in [0.25, 0.3) is 0 Å². The molecule has 0 radical (unpaired) electrons. The van der Waals surface area contributed by atoms with Gasteiger partial charge in [-0.3, -0.25) is 0 Å². The fourth-order valence-electron chi connectivity index (χ4n) is 2.66. The summed E-state index contributed by atoms with van der Waals surface area (Å²) in [5.41, 5.74) is 2.45. The zero-order chi connectivity index (χ0) is 11.2. The summed E-state index contributed by atoms with van der Waals surface area (Å²) in [6.45, 7) is 2.32. The van der Waals surface area contributed by atoms with Crippen LogP contribution < -0.4 is 0 Å². The molecule has 0 spiro atoms. The van der Waals surface area contributed by atoms with Crippen molar-refractivity contribution in [3.63, 3.8) is 0 Å². The van der Waals surface area contributed by atoms with Gasteiger partial charge < -0.3 is 10.0 Å². The maximum Gasteiger partial charge on any atom is 0.0690 e. The van der Waals surface area contributed by atoms with E-state index >= 15 is 0 Å². The molecule has 1 aromatic rings. The second-order valence-corrected chi connectivity index (χ2v) is 5.52. The summed E-state index contributed by atoms with van der Waals surface area (Å²) in [7, 11) is 2.16. The van der Waals surface area contributed by atoms with Crippen molar-refractivity contribution in [2.24, 2.45) is 0 Å². The first kappa shape index (κ1) is 10.3. The zero-order valence-electron chi connectivity index (χ0n) is 9.82. The summed E-state index contributed by atoms with van der Waals surface area (Å²) < 4.78 is 0. The molecule has 0 atom stereocenters. The van der Waals surface area contributed by atoms with Crippen LogP contribution in [0.5, 0.6) is 0 Å². The number of hydrogen-bond acceptors (Lipinski definition) is 2. The first-order valence-electron chi connectivity index (χ1n) is 6.15. The molecule has 3 rings (SSSR count). The van der Waals surface area contributed by atoms with E-state index in [2.05, 4.69) is 36.2 Å². The molecule has 1 heterocycles. The maximum atomic E-state index is 10.0. The van der Waals surface area contributed by atoms with Crippen LogP contribution in [0.4, 0.5) is 0 Å². The minimum Gasteiger partial charge on any atom is -0.390 e. The van der Waals surface area contributed by atoms with E-state index in [1.165, 1.54) is 11.1 Å². The Hall–Kier alpha value is -0.860. The quantitative estimate of drug-likeness (QED) is 0.834. The average molecular weight is 217 g/mol. The first-order valence-corrected chi connectivity index (χ1v) is 6.15. The van der Waals surface area contributed by atoms with E-state index in [9.17, 15) is 5.11 Å². The van der Waals surface area contributed by atoms with Crippen molar-refractivity contribution in [1.82, 2.24) is 4.90 Å².